The number of guanidine groups is 1. The van der Waals surface area contributed by atoms with Crippen LogP contribution in [-0.4, -0.2) is 57.7 Å². The van der Waals surface area contributed by atoms with Crippen LogP contribution >= 0.6 is 24.0 Å². The number of methoxy groups -OCH3 is 1. The van der Waals surface area contributed by atoms with E-state index in [1.807, 2.05) is 25.2 Å². The molecule has 0 spiro atoms. The Morgan fingerprint density at radius 1 is 1.23 bits per heavy atom. The van der Waals surface area contributed by atoms with Gasteiger partial charge in [0.25, 0.3) is 0 Å². The van der Waals surface area contributed by atoms with E-state index in [1.165, 1.54) is 38.0 Å². The summed E-state index contributed by atoms with van der Waals surface area (Å²) >= 11 is 0. The van der Waals surface area contributed by atoms with Crippen LogP contribution in [0.25, 0.3) is 0 Å². The van der Waals surface area contributed by atoms with Gasteiger partial charge in [-0.2, -0.15) is 0 Å². The molecule has 0 radical (unpaired) electrons. The van der Waals surface area contributed by atoms with Gasteiger partial charge >= 0.3 is 0 Å². The van der Waals surface area contributed by atoms with E-state index in [-0.39, 0.29) is 30.1 Å². The number of likely N-dealkylation sites (tertiary alicyclic amines) is 1. The van der Waals surface area contributed by atoms with Crippen LogP contribution in [0.3, 0.4) is 0 Å². The standard InChI is InChI=1S/C20H34N4O.HI/c1-17-10-14-24(15-11-17)13-7-12-22-20(21-2)23-16-19(25-3)18-8-5-4-6-9-18;/h4-6,8-9,17,19H,7,10-16H2,1-3H3,(H2,21,22,23);1H. The van der Waals surface area contributed by atoms with Crippen LogP contribution in [0.5, 0.6) is 0 Å². The van der Waals surface area contributed by atoms with E-state index >= 15 is 0 Å². The number of ether oxygens (including phenoxy) is 1. The fraction of sp³-hybridized carbons (Fsp3) is 0.650. The molecule has 0 aliphatic carbocycles. The highest BCUT2D eigenvalue weighted by Crippen LogP contribution is 2.16. The molecule has 0 aromatic heterocycles. The second-order valence-electron chi connectivity index (χ2n) is 6.89. The van der Waals surface area contributed by atoms with Gasteiger partial charge in [-0.25, -0.2) is 0 Å². The Morgan fingerprint density at radius 2 is 1.92 bits per heavy atom. The molecule has 2 rings (SSSR count). The number of benzene rings is 1. The van der Waals surface area contributed by atoms with Gasteiger partial charge in [-0.1, -0.05) is 37.3 Å². The number of aliphatic imine (C=N–C) groups is 1. The fourth-order valence-corrected chi connectivity index (χ4v) is 3.21. The molecule has 0 bridgehead atoms. The third-order valence-corrected chi connectivity index (χ3v) is 4.95. The summed E-state index contributed by atoms with van der Waals surface area (Å²) in [6.07, 6.45) is 3.85. The molecule has 1 heterocycles. The molecule has 1 aromatic rings. The maximum Gasteiger partial charge on any atom is 0.191 e. The summed E-state index contributed by atoms with van der Waals surface area (Å²) in [4.78, 5) is 6.89. The summed E-state index contributed by atoms with van der Waals surface area (Å²) in [7, 11) is 3.56. The first-order valence-corrected chi connectivity index (χ1v) is 9.47. The molecule has 1 saturated heterocycles. The summed E-state index contributed by atoms with van der Waals surface area (Å²) in [5.74, 6) is 1.74. The zero-order chi connectivity index (χ0) is 17.9. The minimum absolute atomic E-state index is 0. The van der Waals surface area contributed by atoms with Gasteiger partial charge in [0, 0.05) is 27.2 Å². The van der Waals surface area contributed by atoms with Crippen LogP contribution in [0.1, 0.15) is 37.9 Å². The minimum Gasteiger partial charge on any atom is -0.375 e. The highest BCUT2D eigenvalue weighted by atomic mass is 127. The van der Waals surface area contributed by atoms with Gasteiger partial charge in [0.15, 0.2) is 5.96 Å². The Kier molecular flexibility index (Phi) is 11.9. The smallest absolute Gasteiger partial charge is 0.191 e. The number of nitrogens with zero attached hydrogens (tertiary/aromatic N) is 2. The van der Waals surface area contributed by atoms with E-state index in [4.69, 9.17) is 4.74 Å². The monoisotopic (exact) mass is 474 g/mol. The zero-order valence-electron chi connectivity index (χ0n) is 16.4. The van der Waals surface area contributed by atoms with Crippen LogP contribution in [0.2, 0.25) is 0 Å². The Bertz CT molecular complexity index is 504. The van der Waals surface area contributed by atoms with E-state index in [0.717, 1.165) is 24.8 Å². The van der Waals surface area contributed by atoms with Crippen molar-refractivity contribution in [3.8, 4) is 0 Å². The van der Waals surface area contributed by atoms with Gasteiger partial charge in [0.05, 0.1) is 6.10 Å². The summed E-state index contributed by atoms with van der Waals surface area (Å²) < 4.78 is 5.59. The van der Waals surface area contributed by atoms with Crippen molar-refractivity contribution < 1.29 is 4.74 Å². The summed E-state index contributed by atoms with van der Waals surface area (Å²) in [5, 5.41) is 6.77. The van der Waals surface area contributed by atoms with Gasteiger partial charge in [-0.3, -0.25) is 4.99 Å². The molecule has 1 fully saturated rings. The molecule has 2 N–H and O–H groups in total. The first kappa shape index (κ1) is 23.2. The maximum absolute atomic E-state index is 5.59. The molecule has 1 unspecified atom stereocenters. The van der Waals surface area contributed by atoms with Crippen LogP contribution in [0.15, 0.2) is 35.3 Å². The third kappa shape index (κ3) is 8.22. The average Bonchev–Trinajstić information content (AvgIpc) is 2.66. The number of piperidine rings is 1. The summed E-state index contributed by atoms with van der Waals surface area (Å²) in [6, 6.07) is 10.3. The normalized spacial score (nSPS) is 17.4. The molecular weight excluding hydrogens is 439 g/mol. The van der Waals surface area contributed by atoms with E-state index in [9.17, 15) is 0 Å². The van der Waals surface area contributed by atoms with Crippen molar-refractivity contribution in [3.05, 3.63) is 35.9 Å². The molecule has 1 aliphatic heterocycles. The van der Waals surface area contributed by atoms with Gasteiger partial charge in [-0.05, 0) is 50.4 Å². The molecule has 0 amide bonds. The van der Waals surface area contributed by atoms with E-state index < -0.39 is 0 Å². The second kappa shape index (κ2) is 13.3. The highest BCUT2D eigenvalue weighted by molar-refractivity contribution is 14.0. The largest absolute Gasteiger partial charge is 0.375 e. The predicted molar refractivity (Wildman–Crippen MR) is 120 cm³/mol. The van der Waals surface area contributed by atoms with Crippen molar-refractivity contribution in [2.45, 2.75) is 32.3 Å². The predicted octanol–water partition coefficient (Wildman–Crippen LogP) is 3.28. The van der Waals surface area contributed by atoms with E-state index in [0.29, 0.717) is 6.54 Å². The lowest BCUT2D eigenvalue weighted by Gasteiger charge is -2.30. The molecule has 5 nitrogen and oxygen atoms in total. The molecule has 1 aliphatic rings. The molecule has 26 heavy (non-hydrogen) atoms. The highest BCUT2D eigenvalue weighted by Gasteiger charge is 2.15. The Morgan fingerprint density at radius 3 is 2.54 bits per heavy atom. The van der Waals surface area contributed by atoms with Crippen molar-refractivity contribution in [1.29, 1.82) is 0 Å². The molecule has 1 atom stereocenters. The number of hydrogen-bond donors (Lipinski definition) is 2. The SMILES string of the molecule is CN=C(NCCCN1CCC(C)CC1)NCC(OC)c1ccccc1.I. The van der Waals surface area contributed by atoms with Crippen molar-refractivity contribution in [3.63, 3.8) is 0 Å². The molecule has 0 saturated carbocycles. The molecule has 148 valence electrons. The lowest BCUT2D eigenvalue weighted by molar-refractivity contribution is 0.106. The lowest BCUT2D eigenvalue weighted by atomic mass is 9.99. The van der Waals surface area contributed by atoms with Crippen LogP contribution in [-0.2, 0) is 4.74 Å². The molecule has 1 aromatic carbocycles. The maximum atomic E-state index is 5.59. The summed E-state index contributed by atoms with van der Waals surface area (Å²) in [5.41, 5.74) is 1.17. The second-order valence-corrected chi connectivity index (χ2v) is 6.89. The van der Waals surface area contributed by atoms with Gasteiger partial charge in [-0.15, -0.1) is 24.0 Å². The van der Waals surface area contributed by atoms with Gasteiger partial charge in [0.2, 0.25) is 0 Å². The summed E-state index contributed by atoms with van der Waals surface area (Å²) in [6.45, 7) is 7.67. The quantitative estimate of drug-likeness (QED) is 0.263. The Labute approximate surface area is 176 Å². The van der Waals surface area contributed by atoms with E-state index in [2.05, 4.69) is 39.6 Å². The van der Waals surface area contributed by atoms with Crippen LogP contribution < -0.4 is 10.6 Å². The average molecular weight is 474 g/mol. The third-order valence-electron chi connectivity index (χ3n) is 4.95. The topological polar surface area (TPSA) is 48.9 Å². The van der Waals surface area contributed by atoms with Crippen LogP contribution in [0.4, 0.5) is 0 Å². The number of rotatable bonds is 8. The number of nitrogens with one attached hydrogen (secondary N) is 2. The molecule has 6 heteroatoms. The Hall–Kier alpha value is -0.860. The van der Waals surface area contributed by atoms with E-state index in [1.54, 1.807) is 7.11 Å². The first-order chi connectivity index (χ1) is 12.2. The van der Waals surface area contributed by atoms with Gasteiger partial charge < -0.3 is 20.3 Å². The van der Waals surface area contributed by atoms with Crippen LogP contribution in [0, 0.1) is 5.92 Å². The number of halogens is 1. The lowest BCUT2D eigenvalue weighted by Crippen LogP contribution is -2.41. The minimum atomic E-state index is 0. The zero-order valence-corrected chi connectivity index (χ0v) is 18.7. The first-order valence-electron chi connectivity index (χ1n) is 9.47. The molecular formula is C20H35IN4O. The van der Waals surface area contributed by atoms with Crippen molar-refractivity contribution in [1.82, 2.24) is 15.5 Å². The van der Waals surface area contributed by atoms with Crippen molar-refractivity contribution >= 4 is 29.9 Å². The fourth-order valence-electron chi connectivity index (χ4n) is 3.21. The van der Waals surface area contributed by atoms with Crippen molar-refractivity contribution in [2.75, 3.05) is 46.9 Å². The van der Waals surface area contributed by atoms with Gasteiger partial charge in [0.1, 0.15) is 0 Å². The Balaban J connectivity index is 0.00000338. The number of hydrogen-bond acceptors (Lipinski definition) is 3. The van der Waals surface area contributed by atoms with Crippen molar-refractivity contribution in [2.24, 2.45) is 10.9 Å².